The second-order valence-corrected chi connectivity index (χ2v) is 7.22. The third-order valence-electron chi connectivity index (χ3n) is 5.27. The van der Waals surface area contributed by atoms with Crippen molar-refractivity contribution in [1.82, 2.24) is 15.2 Å². The van der Waals surface area contributed by atoms with Crippen LogP contribution in [0.15, 0.2) is 23.1 Å². The first-order chi connectivity index (χ1) is 13.3. The Kier molecular flexibility index (Phi) is 6.00. The fraction of sp³-hybridized carbons (Fsp3) is 0.500. The number of hydrogen-bond donors (Lipinski definition) is 3. The van der Waals surface area contributed by atoms with Gasteiger partial charge in [-0.05, 0) is 32.9 Å². The molecular weight excluding hydrogens is 363 g/mol. The molecule has 2 heterocycles. The monoisotopic (exact) mass is 390 g/mol. The van der Waals surface area contributed by atoms with E-state index in [1.165, 1.54) is 12.3 Å². The summed E-state index contributed by atoms with van der Waals surface area (Å²) >= 11 is 0. The van der Waals surface area contributed by atoms with E-state index in [9.17, 15) is 19.1 Å². The van der Waals surface area contributed by atoms with Crippen LogP contribution in [0.25, 0.3) is 10.9 Å². The topological polar surface area (TPSA) is 86.6 Å². The van der Waals surface area contributed by atoms with Gasteiger partial charge in [0.25, 0.3) is 5.91 Å². The molecule has 1 aliphatic rings. The van der Waals surface area contributed by atoms with Crippen LogP contribution in [0.2, 0.25) is 0 Å². The lowest BCUT2D eigenvalue weighted by molar-refractivity contribution is 0.0872. The molecule has 0 aliphatic carbocycles. The number of fused-ring (bicyclic) bond motifs is 1. The smallest absolute Gasteiger partial charge is 0.257 e. The van der Waals surface area contributed by atoms with Crippen LogP contribution in [-0.4, -0.2) is 53.9 Å². The van der Waals surface area contributed by atoms with Gasteiger partial charge in [-0.1, -0.05) is 0 Å². The zero-order valence-corrected chi connectivity index (χ0v) is 16.5. The molecule has 3 rings (SSSR count). The van der Waals surface area contributed by atoms with Crippen molar-refractivity contribution < 1.29 is 14.3 Å². The Hall–Kier alpha value is -2.45. The third kappa shape index (κ3) is 3.88. The van der Waals surface area contributed by atoms with Gasteiger partial charge in [0.05, 0.1) is 23.3 Å². The van der Waals surface area contributed by atoms with Crippen LogP contribution in [-0.2, 0) is 6.54 Å². The fourth-order valence-electron chi connectivity index (χ4n) is 3.38. The molecule has 1 aromatic heterocycles. The highest BCUT2D eigenvalue weighted by Crippen LogP contribution is 2.25. The van der Waals surface area contributed by atoms with Crippen LogP contribution in [0.1, 0.15) is 31.1 Å². The molecule has 28 heavy (non-hydrogen) atoms. The summed E-state index contributed by atoms with van der Waals surface area (Å²) in [4.78, 5) is 27.4. The maximum absolute atomic E-state index is 14.8. The molecule has 0 saturated carbocycles. The van der Waals surface area contributed by atoms with Crippen molar-refractivity contribution >= 4 is 22.5 Å². The molecule has 0 spiro atoms. The molecule has 0 bridgehead atoms. The number of halogens is 1. The van der Waals surface area contributed by atoms with E-state index in [1.54, 1.807) is 24.5 Å². The van der Waals surface area contributed by atoms with Crippen molar-refractivity contribution in [2.75, 3.05) is 31.1 Å². The highest BCUT2D eigenvalue weighted by molar-refractivity contribution is 5.98. The summed E-state index contributed by atoms with van der Waals surface area (Å²) in [6, 6.07) is 2.42. The lowest BCUT2D eigenvalue weighted by atomic mass is 10.1. The van der Waals surface area contributed by atoms with Gasteiger partial charge >= 0.3 is 0 Å². The minimum atomic E-state index is -0.753. The van der Waals surface area contributed by atoms with Gasteiger partial charge in [0.2, 0.25) is 5.43 Å². The second kappa shape index (κ2) is 8.28. The number of amides is 1. The Morgan fingerprint density at radius 2 is 2.00 bits per heavy atom. The van der Waals surface area contributed by atoms with Gasteiger partial charge < -0.3 is 25.2 Å². The third-order valence-corrected chi connectivity index (χ3v) is 5.27. The summed E-state index contributed by atoms with van der Waals surface area (Å²) in [6.45, 7) is 8.57. The second-order valence-electron chi connectivity index (χ2n) is 7.22. The van der Waals surface area contributed by atoms with E-state index in [4.69, 9.17) is 0 Å². The first-order valence-electron chi connectivity index (χ1n) is 9.64. The van der Waals surface area contributed by atoms with Gasteiger partial charge in [0, 0.05) is 44.3 Å². The van der Waals surface area contributed by atoms with Crippen molar-refractivity contribution in [2.24, 2.45) is 0 Å². The number of pyridine rings is 1. The Labute approximate surface area is 163 Å². The number of aliphatic hydroxyl groups is 1. The highest BCUT2D eigenvalue weighted by Gasteiger charge is 2.21. The number of hydrogen-bond acceptors (Lipinski definition) is 5. The van der Waals surface area contributed by atoms with Gasteiger partial charge in [0.15, 0.2) is 0 Å². The Morgan fingerprint density at radius 3 is 2.61 bits per heavy atom. The summed E-state index contributed by atoms with van der Waals surface area (Å²) in [7, 11) is 0. The number of anilines is 1. The quantitative estimate of drug-likeness (QED) is 0.711. The zero-order chi connectivity index (χ0) is 20.4. The van der Waals surface area contributed by atoms with Crippen LogP contribution in [0.5, 0.6) is 0 Å². The predicted octanol–water partition coefficient (Wildman–Crippen LogP) is 1.07. The molecule has 2 unspecified atom stereocenters. The Morgan fingerprint density at radius 1 is 1.32 bits per heavy atom. The minimum absolute atomic E-state index is 0.0591. The number of aliphatic hydroxyl groups excluding tert-OH is 1. The number of nitrogens with one attached hydrogen (secondary N) is 2. The van der Waals surface area contributed by atoms with E-state index in [1.807, 2.05) is 11.8 Å². The van der Waals surface area contributed by atoms with Crippen LogP contribution in [0.3, 0.4) is 0 Å². The molecule has 1 fully saturated rings. The van der Waals surface area contributed by atoms with Crippen LogP contribution in [0.4, 0.5) is 10.1 Å². The lowest BCUT2D eigenvalue weighted by Crippen LogP contribution is -2.44. The van der Waals surface area contributed by atoms with E-state index in [2.05, 4.69) is 10.6 Å². The van der Waals surface area contributed by atoms with Gasteiger partial charge in [-0.25, -0.2) is 4.39 Å². The molecule has 1 aromatic carbocycles. The molecule has 8 heteroatoms. The number of piperazine rings is 1. The lowest BCUT2D eigenvalue weighted by Gasteiger charge is -2.30. The molecule has 1 saturated heterocycles. The maximum Gasteiger partial charge on any atom is 0.257 e. The van der Waals surface area contributed by atoms with Crippen LogP contribution < -0.4 is 21.0 Å². The highest BCUT2D eigenvalue weighted by atomic mass is 19.1. The van der Waals surface area contributed by atoms with Gasteiger partial charge in [0.1, 0.15) is 11.4 Å². The molecule has 0 radical (unpaired) electrons. The Bertz CT molecular complexity index is 935. The van der Waals surface area contributed by atoms with E-state index in [0.29, 0.717) is 30.8 Å². The SMILES string of the molecule is CCn1cc(C(=O)NC(C)C(C)O)c(=O)c2cc(F)c(N3CCNCC3)cc21. The number of benzene rings is 1. The van der Waals surface area contributed by atoms with Crippen molar-refractivity contribution in [3.63, 3.8) is 0 Å². The average molecular weight is 390 g/mol. The number of aryl methyl sites for hydroxylation is 1. The number of carbonyl (C=O) groups excluding carboxylic acids is 1. The maximum atomic E-state index is 14.8. The van der Waals surface area contributed by atoms with E-state index >= 15 is 0 Å². The van der Waals surface area contributed by atoms with Crippen LogP contribution >= 0.6 is 0 Å². The van der Waals surface area contributed by atoms with E-state index in [0.717, 1.165) is 13.1 Å². The summed E-state index contributed by atoms with van der Waals surface area (Å²) < 4.78 is 16.6. The van der Waals surface area contributed by atoms with E-state index in [-0.39, 0.29) is 10.9 Å². The molecular formula is C20H27FN4O3. The first kappa shape index (κ1) is 20.3. The van der Waals surface area contributed by atoms with Crippen LogP contribution in [0, 0.1) is 5.82 Å². The van der Waals surface area contributed by atoms with Crippen molar-refractivity contribution in [3.8, 4) is 0 Å². The van der Waals surface area contributed by atoms with Crippen molar-refractivity contribution in [2.45, 2.75) is 39.5 Å². The summed E-state index contributed by atoms with van der Waals surface area (Å²) in [5.41, 5.74) is 0.495. The minimum Gasteiger partial charge on any atom is -0.391 e. The van der Waals surface area contributed by atoms with Crippen molar-refractivity contribution in [3.05, 3.63) is 39.9 Å². The van der Waals surface area contributed by atoms with E-state index < -0.39 is 29.3 Å². The average Bonchev–Trinajstić information content (AvgIpc) is 2.68. The van der Waals surface area contributed by atoms with Crippen molar-refractivity contribution in [1.29, 1.82) is 0 Å². The molecule has 2 atom stereocenters. The standard InChI is InChI=1S/C20H27FN4O3/c1-4-24-11-15(20(28)23-12(2)13(3)26)19(27)14-9-16(21)18(10-17(14)24)25-7-5-22-6-8-25/h9-13,22,26H,4-8H2,1-3H3,(H,23,28). The zero-order valence-electron chi connectivity index (χ0n) is 16.5. The van der Waals surface area contributed by atoms with Gasteiger partial charge in [-0.3, -0.25) is 9.59 Å². The molecule has 1 amide bonds. The van der Waals surface area contributed by atoms with Gasteiger partial charge in [-0.15, -0.1) is 0 Å². The number of carbonyl (C=O) groups is 1. The van der Waals surface area contributed by atoms with Gasteiger partial charge in [-0.2, -0.15) is 0 Å². The molecule has 152 valence electrons. The normalized spacial score (nSPS) is 16.8. The summed E-state index contributed by atoms with van der Waals surface area (Å²) in [5, 5.41) is 15.6. The summed E-state index contributed by atoms with van der Waals surface area (Å²) in [6.07, 6.45) is 0.755. The predicted molar refractivity (Wildman–Crippen MR) is 108 cm³/mol. The number of aromatic nitrogens is 1. The molecule has 2 aromatic rings. The summed E-state index contributed by atoms with van der Waals surface area (Å²) in [5.74, 6) is -1.04. The molecule has 1 aliphatic heterocycles. The molecule has 3 N–H and O–H groups in total. The first-order valence-corrected chi connectivity index (χ1v) is 9.64. The largest absolute Gasteiger partial charge is 0.391 e. The Balaban J connectivity index is 2.09. The number of rotatable bonds is 5. The fourth-order valence-corrected chi connectivity index (χ4v) is 3.38. The number of nitrogens with zero attached hydrogens (tertiary/aromatic N) is 2. The molecule has 7 nitrogen and oxygen atoms in total.